The van der Waals surface area contributed by atoms with Gasteiger partial charge >= 0.3 is 6.09 Å². The molecule has 0 aliphatic heterocycles. The predicted molar refractivity (Wildman–Crippen MR) is 98.4 cm³/mol. The molecule has 1 aromatic rings. The molecule has 1 amide bonds. The van der Waals surface area contributed by atoms with Crippen molar-refractivity contribution in [2.45, 2.75) is 32.9 Å². The smallest absolute Gasteiger partial charge is 0.410 e. The molecule has 0 saturated carbocycles. The van der Waals surface area contributed by atoms with Gasteiger partial charge < -0.3 is 19.7 Å². The fourth-order valence-electron chi connectivity index (χ4n) is 1.73. The zero-order valence-corrected chi connectivity index (χ0v) is 17.1. The largest absolute Gasteiger partial charge is 0.444 e. The summed E-state index contributed by atoms with van der Waals surface area (Å²) in [4.78, 5) is 15.0. The minimum atomic E-state index is -0.504. The summed E-state index contributed by atoms with van der Waals surface area (Å²) in [5, 5.41) is 3.31. The second kappa shape index (κ2) is 9.84. The summed E-state index contributed by atoms with van der Waals surface area (Å²) in [6, 6.07) is 2.00. The van der Waals surface area contributed by atoms with E-state index in [1.807, 2.05) is 26.8 Å². The third kappa shape index (κ3) is 8.35. The minimum Gasteiger partial charge on any atom is -0.444 e. The van der Waals surface area contributed by atoms with Crippen LogP contribution in [-0.2, 0) is 16.0 Å². The van der Waals surface area contributed by atoms with Crippen molar-refractivity contribution in [3.8, 4) is 0 Å². The first-order valence-electron chi connectivity index (χ1n) is 7.34. The molecule has 0 spiro atoms. The number of thiophene rings is 1. The fourth-order valence-corrected chi connectivity index (χ4v) is 3.49. The van der Waals surface area contributed by atoms with Crippen LogP contribution in [0.25, 0.3) is 0 Å². The van der Waals surface area contributed by atoms with Crippen LogP contribution in [0.1, 0.15) is 25.6 Å². The average Bonchev–Trinajstić information content (AvgIpc) is 2.74. The van der Waals surface area contributed by atoms with Gasteiger partial charge in [0.15, 0.2) is 0 Å². The molecule has 23 heavy (non-hydrogen) atoms. The van der Waals surface area contributed by atoms with Gasteiger partial charge in [0, 0.05) is 42.6 Å². The molecule has 0 radical (unpaired) electrons. The lowest BCUT2D eigenvalue weighted by molar-refractivity contribution is 0.0204. The Morgan fingerprint density at radius 1 is 1.43 bits per heavy atom. The Hall–Kier alpha value is -0.340. The summed E-state index contributed by atoms with van der Waals surface area (Å²) < 4.78 is 12.1. The lowest BCUT2D eigenvalue weighted by Crippen LogP contribution is -2.42. The van der Waals surface area contributed by atoms with E-state index in [9.17, 15) is 4.79 Å². The Morgan fingerprint density at radius 2 is 2.13 bits per heavy atom. The van der Waals surface area contributed by atoms with Crippen molar-refractivity contribution in [3.63, 3.8) is 0 Å². The number of carbonyl (C=O) groups excluding carboxylic acids is 1. The van der Waals surface area contributed by atoms with Crippen LogP contribution in [0.5, 0.6) is 0 Å². The third-order valence-corrected chi connectivity index (χ3v) is 5.25. The normalized spacial score (nSPS) is 11.6. The highest BCUT2D eigenvalue weighted by atomic mass is 79.9. The molecular weight excluding hydrogens is 404 g/mol. The second-order valence-corrected chi connectivity index (χ2v) is 8.56. The molecule has 8 heteroatoms. The number of hydrogen-bond donors (Lipinski definition) is 1. The van der Waals surface area contributed by atoms with Gasteiger partial charge in [-0.2, -0.15) is 0 Å². The van der Waals surface area contributed by atoms with Crippen molar-refractivity contribution >= 4 is 45.0 Å². The molecule has 132 valence electrons. The molecule has 1 aromatic heterocycles. The van der Waals surface area contributed by atoms with Crippen LogP contribution in [0.15, 0.2) is 10.5 Å². The highest BCUT2D eigenvalue weighted by Gasteiger charge is 2.21. The van der Waals surface area contributed by atoms with Crippen LogP contribution in [-0.4, -0.2) is 49.9 Å². The maximum Gasteiger partial charge on any atom is 0.410 e. The first kappa shape index (κ1) is 20.7. The minimum absolute atomic E-state index is 0.321. The highest BCUT2D eigenvalue weighted by molar-refractivity contribution is 9.10. The van der Waals surface area contributed by atoms with Gasteiger partial charge in [0.2, 0.25) is 0 Å². The van der Waals surface area contributed by atoms with Gasteiger partial charge in [0.1, 0.15) is 9.94 Å². The standard InChI is InChI=1S/C15H24BrClN2O3S/c1-15(2,3)22-14(20)19(7-8-21-4)6-5-18-10-11-9-12(16)13(17)23-11/h9,18H,5-8,10H2,1-4H3. The Balaban J connectivity index is 2.42. The van der Waals surface area contributed by atoms with Gasteiger partial charge in [0.05, 0.1) is 6.61 Å². The van der Waals surface area contributed by atoms with E-state index in [0.717, 1.165) is 13.7 Å². The van der Waals surface area contributed by atoms with Gasteiger partial charge in [-0.15, -0.1) is 11.3 Å². The number of amides is 1. The van der Waals surface area contributed by atoms with E-state index in [2.05, 4.69) is 21.2 Å². The molecule has 0 saturated heterocycles. The lowest BCUT2D eigenvalue weighted by Gasteiger charge is -2.27. The summed E-state index contributed by atoms with van der Waals surface area (Å²) in [7, 11) is 1.61. The predicted octanol–water partition coefficient (Wildman–Crippen LogP) is 4.14. The fraction of sp³-hybridized carbons (Fsp3) is 0.667. The summed E-state index contributed by atoms with van der Waals surface area (Å²) in [6.45, 7) is 8.48. The zero-order valence-electron chi connectivity index (χ0n) is 13.9. The maximum atomic E-state index is 12.2. The molecule has 0 atom stereocenters. The van der Waals surface area contributed by atoms with Gasteiger partial charge in [-0.25, -0.2) is 4.79 Å². The van der Waals surface area contributed by atoms with Crippen molar-refractivity contribution < 1.29 is 14.3 Å². The Bertz CT molecular complexity index is 486. The number of nitrogens with one attached hydrogen (secondary N) is 1. The maximum absolute atomic E-state index is 12.2. The number of ether oxygens (including phenoxy) is 2. The molecule has 1 heterocycles. The van der Waals surface area contributed by atoms with Crippen LogP contribution in [0.3, 0.4) is 0 Å². The number of nitrogens with zero attached hydrogens (tertiary/aromatic N) is 1. The molecule has 0 bridgehead atoms. The molecule has 0 unspecified atom stereocenters. The van der Waals surface area contributed by atoms with E-state index in [1.54, 1.807) is 12.0 Å². The third-order valence-electron chi connectivity index (χ3n) is 2.77. The van der Waals surface area contributed by atoms with Gasteiger partial charge in [-0.3, -0.25) is 0 Å². The first-order chi connectivity index (χ1) is 10.7. The van der Waals surface area contributed by atoms with Crippen LogP contribution >= 0.6 is 38.9 Å². The van der Waals surface area contributed by atoms with E-state index >= 15 is 0 Å². The van der Waals surface area contributed by atoms with Crippen molar-refractivity contribution in [2.75, 3.05) is 33.4 Å². The van der Waals surface area contributed by atoms with E-state index in [0.29, 0.717) is 32.8 Å². The summed E-state index contributed by atoms with van der Waals surface area (Å²) in [5.74, 6) is 0. The number of carbonyl (C=O) groups is 1. The molecule has 0 aromatic carbocycles. The quantitative estimate of drug-likeness (QED) is 0.634. The van der Waals surface area contributed by atoms with Crippen LogP contribution < -0.4 is 5.32 Å². The second-order valence-electron chi connectivity index (χ2n) is 5.97. The topological polar surface area (TPSA) is 50.8 Å². The molecular formula is C15H24BrClN2O3S. The van der Waals surface area contributed by atoms with E-state index in [4.69, 9.17) is 21.1 Å². The van der Waals surface area contributed by atoms with Crippen molar-refractivity contribution in [1.29, 1.82) is 0 Å². The van der Waals surface area contributed by atoms with Crippen LogP contribution in [0.2, 0.25) is 4.34 Å². The SMILES string of the molecule is COCCN(CCNCc1cc(Br)c(Cl)s1)C(=O)OC(C)(C)C. The number of halogens is 2. The van der Waals surface area contributed by atoms with Crippen LogP contribution in [0.4, 0.5) is 4.79 Å². The Morgan fingerprint density at radius 3 is 2.65 bits per heavy atom. The molecule has 0 aliphatic carbocycles. The molecule has 0 aliphatic rings. The number of rotatable bonds is 8. The number of hydrogen-bond acceptors (Lipinski definition) is 5. The van der Waals surface area contributed by atoms with E-state index < -0.39 is 5.60 Å². The monoisotopic (exact) mass is 426 g/mol. The van der Waals surface area contributed by atoms with E-state index in [-0.39, 0.29) is 6.09 Å². The van der Waals surface area contributed by atoms with E-state index in [1.165, 1.54) is 11.3 Å². The Kier molecular flexibility index (Phi) is 8.85. The van der Waals surface area contributed by atoms with Crippen molar-refractivity contribution in [1.82, 2.24) is 10.2 Å². The van der Waals surface area contributed by atoms with Crippen LogP contribution in [0, 0.1) is 0 Å². The van der Waals surface area contributed by atoms with Gasteiger partial charge in [-0.1, -0.05) is 11.6 Å². The summed E-state index contributed by atoms with van der Waals surface area (Å²) in [5.41, 5.74) is -0.504. The molecule has 0 fully saturated rings. The highest BCUT2D eigenvalue weighted by Crippen LogP contribution is 2.31. The summed E-state index contributed by atoms with van der Waals surface area (Å²) in [6.07, 6.45) is -0.321. The zero-order chi connectivity index (χ0) is 17.5. The molecule has 5 nitrogen and oxygen atoms in total. The Labute approximate surface area is 155 Å². The summed E-state index contributed by atoms with van der Waals surface area (Å²) >= 11 is 10.9. The van der Waals surface area contributed by atoms with Crippen molar-refractivity contribution in [2.24, 2.45) is 0 Å². The van der Waals surface area contributed by atoms with Crippen molar-refractivity contribution in [3.05, 3.63) is 19.8 Å². The number of methoxy groups -OCH3 is 1. The molecule has 1 N–H and O–H groups in total. The molecule has 1 rings (SSSR count). The van der Waals surface area contributed by atoms with Gasteiger partial charge in [0.25, 0.3) is 0 Å². The average molecular weight is 428 g/mol. The first-order valence-corrected chi connectivity index (χ1v) is 9.33. The van der Waals surface area contributed by atoms with Gasteiger partial charge in [-0.05, 0) is 42.8 Å². The lowest BCUT2D eigenvalue weighted by atomic mass is 10.2.